The molecule has 2 aromatic carbocycles. The van der Waals surface area contributed by atoms with Gasteiger partial charge in [-0.2, -0.15) is 13.2 Å². The van der Waals surface area contributed by atoms with E-state index in [9.17, 15) is 18.0 Å². The first-order valence-electron chi connectivity index (χ1n) is 9.05. The van der Waals surface area contributed by atoms with Crippen molar-refractivity contribution < 1.29 is 23.1 Å². The van der Waals surface area contributed by atoms with Crippen molar-refractivity contribution in [2.75, 3.05) is 24.6 Å². The number of fused-ring (bicyclic) bond motifs is 1. The average Bonchev–Trinajstić information content (AvgIpc) is 2.66. The zero-order chi connectivity index (χ0) is 19.6. The number of anilines is 1. The molecule has 146 valence electrons. The summed E-state index contributed by atoms with van der Waals surface area (Å²) in [6.45, 7) is 2.29. The lowest BCUT2D eigenvalue weighted by atomic mass is 9.95. The number of rotatable bonds is 4. The van der Waals surface area contributed by atoms with E-state index in [0.29, 0.717) is 18.7 Å². The van der Waals surface area contributed by atoms with E-state index in [4.69, 9.17) is 5.11 Å². The Morgan fingerprint density at radius 3 is 2.59 bits per heavy atom. The van der Waals surface area contributed by atoms with Gasteiger partial charge < -0.3 is 15.3 Å². The normalized spacial score (nSPS) is 17.1. The molecule has 2 aromatic rings. The minimum atomic E-state index is -4.13. The third-order valence-corrected chi connectivity index (χ3v) is 5.07. The summed E-state index contributed by atoms with van der Waals surface area (Å²) >= 11 is 0. The standard InChI is InChI=1S/C20H23F3N2O2/c1-13(12-26)24-19(27)15-5-6-17-14(11-15)3-2-4-18(17)25-9-7-16(8-10-25)20(21,22)23/h2-6,11,13,16,26H,7-10,12H2,1H3,(H,24,27)/t13-/m1/s1. The van der Waals surface area contributed by atoms with Crippen LogP contribution >= 0.6 is 0 Å². The van der Waals surface area contributed by atoms with Crippen molar-refractivity contribution in [3.63, 3.8) is 0 Å². The number of alkyl halides is 3. The van der Waals surface area contributed by atoms with Crippen LogP contribution in [-0.4, -0.2) is 42.9 Å². The van der Waals surface area contributed by atoms with Crippen molar-refractivity contribution in [2.45, 2.75) is 32.0 Å². The Balaban J connectivity index is 1.81. The second-order valence-electron chi connectivity index (χ2n) is 7.07. The molecule has 1 aliphatic heterocycles. The SMILES string of the molecule is C[C@H](CO)NC(=O)c1ccc2c(N3CCC(C(F)(F)F)CC3)cccc2c1. The van der Waals surface area contributed by atoms with Gasteiger partial charge in [-0.25, -0.2) is 0 Å². The molecule has 1 atom stereocenters. The molecule has 4 nitrogen and oxygen atoms in total. The first-order valence-corrected chi connectivity index (χ1v) is 9.05. The van der Waals surface area contributed by atoms with Gasteiger partial charge in [0.2, 0.25) is 0 Å². The molecule has 3 rings (SSSR count). The predicted octanol–water partition coefficient (Wildman–Crippen LogP) is 3.73. The first kappa shape index (κ1) is 19.5. The summed E-state index contributed by atoms with van der Waals surface area (Å²) in [5, 5.41) is 13.5. The van der Waals surface area contributed by atoms with E-state index in [1.54, 1.807) is 19.1 Å². The van der Waals surface area contributed by atoms with Crippen molar-refractivity contribution in [1.29, 1.82) is 0 Å². The lowest BCUT2D eigenvalue weighted by Crippen LogP contribution is -2.39. The van der Waals surface area contributed by atoms with Crippen molar-refractivity contribution >= 4 is 22.4 Å². The number of hydrogen-bond donors (Lipinski definition) is 2. The lowest BCUT2D eigenvalue weighted by molar-refractivity contribution is -0.179. The maximum atomic E-state index is 12.9. The highest BCUT2D eigenvalue weighted by atomic mass is 19.4. The van der Waals surface area contributed by atoms with Gasteiger partial charge in [-0.3, -0.25) is 4.79 Å². The quantitative estimate of drug-likeness (QED) is 0.850. The van der Waals surface area contributed by atoms with Crippen molar-refractivity contribution in [2.24, 2.45) is 5.92 Å². The van der Waals surface area contributed by atoms with Crippen LogP contribution in [-0.2, 0) is 0 Å². The molecule has 0 unspecified atom stereocenters. The zero-order valence-electron chi connectivity index (χ0n) is 15.1. The van der Waals surface area contributed by atoms with Crippen molar-refractivity contribution in [3.05, 3.63) is 42.0 Å². The number of halogens is 3. The Labute approximate surface area is 156 Å². The Morgan fingerprint density at radius 2 is 1.96 bits per heavy atom. The molecular weight excluding hydrogens is 357 g/mol. The summed E-state index contributed by atoms with van der Waals surface area (Å²) < 4.78 is 38.7. The van der Waals surface area contributed by atoms with Crippen LogP contribution in [0.2, 0.25) is 0 Å². The average molecular weight is 380 g/mol. The van der Waals surface area contributed by atoms with Gasteiger partial charge >= 0.3 is 6.18 Å². The van der Waals surface area contributed by atoms with E-state index in [-0.39, 0.29) is 31.4 Å². The number of carbonyl (C=O) groups is 1. The molecule has 2 N–H and O–H groups in total. The summed E-state index contributed by atoms with van der Waals surface area (Å²) in [4.78, 5) is 14.2. The van der Waals surface area contributed by atoms with Crippen LogP contribution < -0.4 is 10.2 Å². The van der Waals surface area contributed by atoms with Gasteiger partial charge in [0, 0.05) is 35.8 Å². The van der Waals surface area contributed by atoms with E-state index >= 15 is 0 Å². The third-order valence-electron chi connectivity index (χ3n) is 5.07. The van der Waals surface area contributed by atoms with Crippen LogP contribution in [0.4, 0.5) is 18.9 Å². The van der Waals surface area contributed by atoms with E-state index in [0.717, 1.165) is 16.5 Å². The molecule has 0 saturated carbocycles. The fraction of sp³-hybridized carbons (Fsp3) is 0.450. The van der Waals surface area contributed by atoms with Crippen LogP contribution in [0.25, 0.3) is 10.8 Å². The highest BCUT2D eigenvalue weighted by Gasteiger charge is 2.41. The Morgan fingerprint density at radius 1 is 1.26 bits per heavy atom. The molecule has 1 heterocycles. The van der Waals surface area contributed by atoms with E-state index < -0.39 is 12.1 Å². The second-order valence-corrected chi connectivity index (χ2v) is 7.07. The number of aliphatic hydroxyl groups excluding tert-OH is 1. The molecule has 1 aliphatic rings. The number of aliphatic hydroxyl groups is 1. The van der Waals surface area contributed by atoms with Gasteiger partial charge in [0.05, 0.1) is 12.5 Å². The molecule has 0 aliphatic carbocycles. The Hall–Kier alpha value is -2.28. The monoisotopic (exact) mass is 380 g/mol. The number of hydrogen-bond acceptors (Lipinski definition) is 3. The van der Waals surface area contributed by atoms with Crippen LogP contribution in [0.15, 0.2) is 36.4 Å². The summed E-state index contributed by atoms with van der Waals surface area (Å²) in [5.41, 5.74) is 1.37. The smallest absolute Gasteiger partial charge is 0.391 e. The number of piperidine rings is 1. The van der Waals surface area contributed by atoms with Gasteiger partial charge in [0.25, 0.3) is 5.91 Å². The van der Waals surface area contributed by atoms with E-state index in [2.05, 4.69) is 5.32 Å². The largest absolute Gasteiger partial charge is 0.394 e. The molecule has 1 saturated heterocycles. The molecule has 0 radical (unpaired) electrons. The van der Waals surface area contributed by atoms with E-state index in [1.807, 2.05) is 29.2 Å². The lowest BCUT2D eigenvalue weighted by Gasteiger charge is -2.35. The molecule has 0 aromatic heterocycles. The van der Waals surface area contributed by atoms with Gasteiger partial charge in [0.15, 0.2) is 0 Å². The highest BCUT2D eigenvalue weighted by Crippen LogP contribution is 2.37. The minimum absolute atomic E-state index is 0.0967. The van der Waals surface area contributed by atoms with Crippen LogP contribution in [0.1, 0.15) is 30.1 Å². The molecule has 0 spiro atoms. The van der Waals surface area contributed by atoms with Gasteiger partial charge in [-0.1, -0.05) is 18.2 Å². The number of benzene rings is 2. The molecule has 1 fully saturated rings. The summed E-state index contributed by atoms with van der Waals surface area (Å²) in [6.07, 6.45) is -3.93. The minimum Gasteiger partial charge on any atom is -0.394 e. The van der Waals surface area contributed by atoms with Crippen LogP contribution in [0, 0.1) is 5.92 Å². The number of amides is 1. The molecule has 27 heavy (non-hydrogen) atoms. The highest BCUT2D eigenvalue weighted by molar-refractivity contribution is 6.02. The molecule has 7 heteroatoms. The molecule has 1 amide bonds. The molecular formula is C20H23F3N2O2. The maximum Gasteiger partial charge on any atom is 0.391 e. The van der Waals surface area contributed by atoms with Gasteiger partial charge in [-0.05, 0) is 43.4 Å². The second kappa shape index (κ2) is 7.76. The van der Waals surface area contributed by atoms with E-state index in [1.165, 1.54) is 0 Å². The summed E-state index contributed by atoms with van der Waals surface area (Å²) in [7, 11) is 0. The van der Waals surface area contributed by atoms with Crippen molar-refractivity contribution in [3.8, 4) is 0 Å². The third kappa shape index (κ3) is 4.35. The summed E-state index contributed by atoms with van der Waals surface area (Å²) in [6, 6.07) is 10.6. The number of carbonyl (C=O) groups excluding carboxylic acids is 1. The van der Waals surface area contributed by atoms with Crippen LogP contribution in [0.5, 0.6) is 0 Å². The molecule has 0 bridgehead atoms. The Bertz CT molecular complexity index is 814. The van der Waals surface area contributed by atoms with Gasteiger partial charge in [-0.15, -0.1) is 0 Å². The predicted molar refractivity (Wildman–Crippen MR) is 99.0 cm³/mol. The number of nitrogens with zero attached hydrogens (tertiary/aromatic N) is 1. The van der Waals surface area contributed by atoms with Crippen LogP contribution in [0.3, 0.4) is 0 Å². The van der Waals surface area contributed by atoms with Crippen molar-refractivity contribution in [1.82, 2.24) is 5.32 Å². The maximum absolute atomic E-state index is 12.9. The first-order chi connectivity index (χ1) is 12.8. The summed E-state index contributed by atoms with van der Waals surface area (Å²) in [5.74, 6) is -1.50. The van der Waals surface area contributed by atoms with Gasteiger partial charge in [0.1, 0.15) is 0 Å². The zero-order valence-corrected chi connectivity index (χ0v) is 15.1. The topological polar surface area (TPSA) is 52.6 Å². The fourth-order valence-electron chi connectivity index (χ4n) is 3.48. The Kier molecular flexibility index (Phi) is 5.60. The number of nitrogens with one attached hydrogen (secondary N) is 1. The fourth-order valence-corrected chi connectivity index (χ4v) is 3.48.